The Kier molecular flexibility index (Phi) is 10.8. The second-order valence-corrected chi connectivity index (χ2v) is 5.90. The number of rotatable bonds is 13. The predicted molar refractivity (Wildman–Crippen MR) is 94.0 cm³/mol. The van der Waals surface area contributed by atoms with E-state index < -0.39 is 6.09 Å². The summed E-state index contributed by atoms with van der Waals surface area (Å²) in [7, 11) is 0. The average Bonchev–Trinajstić information content (AvgIpc) is 2.53. The van der Waals surface area contributed by atoms with Crippen molar-refractivity contribution in [3.05, 3.63) is 24.3 Å². The van der Waals surface area contributed by atoms with E-state index in [4.69, 9.17) is 15.2 Å². The third-order valence-corrected chi connectivity index (χ3v) is 3.82. The first kappa shape index (κ1) is 19.3. The topological polar surface area (TPSA) is 61.6 Å². The molecule has 0 aliphatic carbocycles. The summed E-state index contributed by atoms with van der Waals surface area (Å²) in [6, 6.07) is 7.10. The Morgan fingerprint density at radius 1 is 0.870 bits per heavy atom. The van der Waals surface area contributed by atoms with Crippen molar-refractivity contribution in [3.8, 4) is 11.5 Å². The molecule has 0 aromatic heterocycles. The van der Waals surface area contributed by atoms with Crippen molar-refractivity contribution < 1.29 is 14.3 Å². The van der Waals surface area contributed by atoms with Gasteiger partial charge in [0.25, 0.3) is 0 Å². The second kappa shape index (κ2) is 12.8. The van der Waals surface area contributed by atoms with Gasteiger partial charge in [-0.1, -0.05) is 76.8 Å². The fourth-order valence-corrected chi connectivity index (χ4v) is 2.53. The van der Waals surface area contributed by atoms with Crippen LogP contribution < -0.4 is 15.2 Å². The molecule has 0 saturated heterocycles. The minimum atomic E-state index is -0.819. The smallest absolute Gasteiger partial charge is 0.410 e. The molecule has 0 fully saturated rings. The van der Waals surface area contributed by atoms with Crippen LogP contribution >= 0.6 is 0 Å². The molecule has 0 aliphatic heterocycles. The third kappa shape index (κ3) is 9.82. The summed E-state index contributed by atoms with van der Waals surface area (Å²) in [5, 5.41) is 0. The van der Waals surface area contributed by atoms with E-state index in [1.54, 1.807) is 18.2 Å². The summed E-state index contributed by atoms with van der Waals surface area (Å²) in [6.07, 6.45) is 12.1. The molecule has 4 nitrogen and oxygen atoms in total. The van der Waals surface area contributed by atoms with Gasteiger partial charge >= 0.3 is 6.09 Å². The molecule has 4 heteroatoms. The number of para-hydroxylation sites is 2. The Bertz CT molecular complexity index is 434. The van der Waals surface area contributed by atoms with E-state index in [1.807, 2.05) is 6.07 Å². The van der Waals surface area contributed by atoms with Crippen molar-refractivity contribution in [1.29, 1.82) is 0 Å². The Labute approximate surface area is 140 Å². The molecule has 2 N–H and O–H groups in total. The van der Waals surface area contributed by atoms with E-state index in [0.29, 0.717) is 18.1 Å². The maximum Gasteiger partial charge on any atom is 0.410 e. The Hall–Kier alpha value is -1.71. The van der Waals surface area contributed by atoms with E-state index in [9.17, 15) is 4.79 Å². The molecular formula is C19H31NO3. The SMILES string of the molecule is CCCCCCCCCCCCOc1ccccc1OC(N)=O. The predicted octanol–water partition coefficient (Wildman–Crippen LogP) is 5.44. The van der Waals surface area contributed by atoms with Gasteiger partial charge in [-0.2, -0.15) is 0 Å². The number of hydrogen-bond donors (Lipinski definition) is 1. The number of primary amides is 1. The Morgan fingerprint density at radius 2 is 1.39 bits per heavy atom. The average molecular weight is 321 g/mol. The van der Waals surface area contributed by atoms with E-state index in [-0.39, 0.29) is 0 Å². The molecule has 1 amide bonds. The minimum absolute atomic E-state index is 0.382. The van der Waals surface area contributed by atoms with Crippen molar-refractivity contribution in [2.75, 3.05) is 6.61 Å². The molecule has 1 aromatic rings. The zero-order valence-electron chi connectivity index (χ0n) is 14.4. The summed E-state index contributed by atoms with van der Waals surface area (Å²) >= 11 is 0. The summed E-state index contributed by atoms with van der Waals surface area (Å²) in [6.45, 7) is 2.89. The lowest BCUT2D eigenvalue weighted by atomic mass is 10.1. The van der Waals surface area contributed by atoms with Crippen LogP contribution in [0.1, 0.15) is 71.1 Å². The van der Waals surface area contributed by atoms with Gasteiger partial charge in [0.1, 0.15) is 0 Å². The normalized spacial score (nSPS) is 10.5. The van der Waals surface area contributed by atoms with Crippen LogP contribution in [0.15, 0.2) is 24.3 Å². The molecule has 1 rings (SSSR count). The number of carbonyl (C=O) groups excluding carboxylic acids is 1. The Balaban J connectivity index is 2.04. The van der Waals surface area contributed by atoms with Crippen molar-refractivity contribution in [2.24, 2.45) is 5.73 Å². The van der Waals surface area contributed by atoms with E-state index in [0.717, 1.165) is 6.42 Å². The van der Waals surface area contributed by atoms with Gasteiger partial charge < -0.3 is 15.2 Å². The number of hydrogen-bond acceptors (Lipinski definition) is 3. The molecule has 0 aliphatic rings. The molecule has 0 unspecified atom stereocenters. The molecule has 0 radical (unpaired) electrons. The van der Waals surface area contributed by atoms with Gasteiger partial charge in [-0.15, -0.1) is 0 Å². The highest BCUT2D eigenvalue weighted by molar-refractivity contribution is 5.69. The van der Waals surface area contributed by atoms with Crippen LogP contribution in [0, 0.1) is 0 Å². The lowest BCUT2D eigenvalue weighted by molar-refractivity contribution is 0.206. The molecule has 23 heavy (non-hydrogen) atoms. The molecule has 0 saturated carbocycles. The molecule has 0 heterocycles. The molecule has 0 atom stereocenters. The van der Waals surface area contributed by atoms with Crippen molar-refractivity contribution >= 4 is 6.09 Å². The molecular weight excluding hydrogens is 290 g/mol. The van der Waals surface area contributed by atoms with Crippen molar-refractivity contribution in [2.45, 2.75) is 71.1 Å². The van der Waals surface area contributed by atoms with Crippen LogP contribution in [0.5, 0.6) is 11.5 Å². The third-order valence-electron chi connectivity index (χ3n) is 3.82. The van der Waals surface area contributed by atoms with Crippen LogP contribution in [0.25, 0.3) is 0 Å². The van der Waals surface area contributed by atoms with Crippen molar-refractivity contribution in [3.63, 3.8) is 0 Å². The van der Waals surface area contributed by atoms with Gasteiger partial charge in [0, 0.05) is 0 Å². The number of carbonyl (C=O) groups is 1. The van der Waals surface area contributed by atoms with Gasteiger partial charge in [0.15, 0.2) is 11.5 Å². The first-order valence-electron chi connectivity index (χ1n) is 8.93. The number of unbranched alkanes of at least 4 members (excludes halogenated alkanes) is 9. The zero-order chi connectivity index (χ0) is 16.8. The molecule has 0 spiro atoms. The minimum Gasteiger partial charge on any atom is -0.490 e. The van der Waals surface area contributed by atoms with E-state index >= 15 is 0 Å². The quantitative estimate of drug-likeness (QED) is 0.492. The first-order chi connectivity index (χ1) is 11.2. The largest absolute Gasteiger partial charge is 0.490 e. The first-order valence-corrected chi connectivity index (χ1v) is 8.93. The van der Waals surface area contributed by atoms with Gasteiger partial charge in [0.05, 0.1) is 6.61 Å². The molecule has 130 valence electrons. The second-order valence-electron chi connectivity index (χ2n) is 5.90. The molecule has 1 aromatic carbocycles. The van der Waals surface area contributed by atoms with Crippen molar-refractivity contribution in [1.82, 2.24) is 0 Å². The zero-order valence-corrected chi connectivity index (χ0v) is 14.4. The number of amides is 1. The number of nitrogens with two attached hydrogens (primary N) is 1. The maximum absolute atomic E-state index is 10.8. The summed E-state index contributed by atoms with van der Waals surface area (Å²) in [5.74, 6) is 0.953. The fourth-order valence-electron chi connectivity index (χ4n) is 2.53. The highest BCUT2D eigenvalue weighted by Gasteiger charge is 2.06. The fraction of sp³-hybridized carbons (Fsp3) is 0.632. The van der Waals surface area contributed by atoms with E-state index in [1.165, 1.54) is 57.8 Å². The van der Waals surface area contributed by atoms with Gasteiger partial charge in [-0.05, 0) is 18.6 Å². The van der Waals surface area contributed by atoms with Crippen LogP contribution in [0.4, 0.5) is 4.79 Å². The van der Waals surface area contributed by atoms with Crippen LogP contribution in [0.2, 0.25) is 0 Å². The lowest BCUT2D eigenvalue weighted by Crippen LogP contribution is -2.16. The van der Waals surface area contributed by atoms with Crippen LogP contribution in [-0.4, -0.2) is 12.7 Å². The maximum atomic E-state index is 10.8. The van der Waals surface area contributed by atoms with Crippen LogP contribution in [0.3, 0.4) is 0 Å². The van der Waals surface area contributed by atoms with E-state index in [2.05, 4.69) is 6.92 Å². The standard InChI is InChI=1S/C19H31NO3/c1-2-3-4-5-6-7-8-9-10-13-16-22-17-14-11-12-15-18(17)23-19(20)21/h11-12,14-15H,2-10,13,16H2,1H3,(H2,20,21). The summed E-state index contributed by atoms with van der Waals surface area (Å²) in [4.78, 5) is 10.8. The summed E-state index contributed by atoms with van der Waals surface area (Å²) in [5.41, 5.74) is 5.04. The highest BCUT2D eigenvalue weighted by Crippen LogP contribution is 2.26. The summed E-state index contributed by atoms with van der Waals surface area (Å²) < 4.78 is 10.6. The highest BCUT2D eigenvalue weighted by atomic mass is 16.6. The van der Waals surface area contributed by atoms with Gasteiger partial charge in [-0.3, -0.25) is 0 Å². The lowest BCUT2D eigenvalue weighted by Gasteiger charge is -2.10. The number of benzene rings is 1. The monoisotopic (exact) mass is 321 g/mol. The van der Waals surface area contributed by atoms with Gasteiger partial charge in [-0.25, -0.2) is 4.79 Å². The van der Waals surface area contributed by atoms with Gasteiger partial charge in [0.2, 0.25) is 0 Å². The Morgan fingerprint density at radius 3 is 1.96 bits per heavy atom. The number of ether oxygens (including phenoxy) is 2. The molecule has 0 bridgehead atoms. The van der Waals surface area contributed by atoms with Crippen LogP contribution in [-0.2, 0) is 0 Å².